The van der Waals surface area contributed by atoms with Crippen LogP contribution in [0.15, 0.2) is 24.3 Å². The van der Waals surface area contributed by atoms with Crippen LogP contribution in [0.5, 0.6) is 0 Å². The molecule has 3 aliphatic rings. The maximum Gasteiger partial charge on any atom is 0.223 e. The lowest BCUT2D eigenvalue weighted by Crippen LogP contribution is -2.40. The molecule has 3 heterocycles. The largest absolute Gasteiger partial charge is 0.378 e. The van der Waals surface area contributed by atoms with E-state index in [0.717, 1.165) is 25.8 Å². The number of anilines is 1. The first-order valence-corrected chi connectivity index (χ1v) is 9.93. The summed E-state index contributed by atoms with van der Waals surface area (Å²) in [7, 11) is 4.14. The van der Waals surface area contributed by atoms with Crippen molar-refractivity contribution in [2.45, 2.75) is 63.1 Å². The minimum Gasteiger partial charge on any atom is -0.378 e. The summed E-state index contributed by atoms with van der Waals surface area (Å²) in [4.78, 5) is 17.3. The molecule has 2 bridgehead atoms. The van der Waals surface area contributed by atoms with Crippen molar-refractivity contribution in [1.82, 2.24) is 10.2 Å². The zero-order chi connectivity index (χ0) is 17.4. The topological polar surface area (TPSA) is 35.6 Å². The summed E-state index contributed by atoms with van der Waals surface area (Å²) >= 11 is 0. The number of nitrogens with one attached hydrogen (secondary N) is 1. The van der Waals surface area contributed by atoms with E-state index >= 15 is 0 Å². The van der Waals surface area contributed by atoms with Crippen molar-refractivity contribution in [2.75, 3.05) is 25.5 Å². The number of nitrogens with zero attached hydrogens (tertiary/aromatic N) is 2. The summed E-state index contributed by atoms with van der Waals surface area (Å²) in [6, 6.07) is 10.3. The molecule has 0 aromatic heterocycles. The molecule has 0 spiro atoms. The van der Waals surface area contributed by atoms with E-state index in [-0.39, 0.29) is 6.04 Å². The molecule has 1 amide bonds. The van der Waals surface area contributed by atoms with E-state index in [0.29, 0.717) is 23.9 Å². The van der Waals surface area contributed by atoms with Gasteiger partial charge in [0.2, 0.25) is 5.91 Å². The molecular weight excluding hydrogens is 310 g/mol. The first kappa shape index (κ1) is 16.9. The summed E-state index contributed by atoms with van der Waals surface area (Å²) in [5.74, 6) is 0.963. The molecule has 3 fully saturated rings. The predicted molar refractivity (Wildman–Crippen MR) is 102 cm³/mol. The Kier molecular flexibility index (Phi) is 4.72. The van der Waals surface area contributed by atoms with E-state index in [9.17, 15) is 4.79 Å². The van der Waals surface area contributed by atoms with Gasteiger partial charge < -0.3 is 15.1 Å². The van der Waals surface area contributed by atoms with Crippen molar-refractivity contribution >= 4 is 11.6 Å². The smallest absolute Gasteiger partial charge is 0.223 e. The summed E-state index contributed by atoms with van der Waals surface area (Å²) < 4.78 is 0. The number of fused-ring (bicyclic) bond motifs is 2. The van der Waals surface area contributed by atoms with Crippen LogP contribution in [0.25, 0.3) is 0 Å². The van der Waals surface area contributed by atoms with Crippen molar-refractivity contribution in [2.24, 2.45) is 5.92 Å². The van der Waals surface area contributed by atoms with Gasteiger partial charge in [-0.1, -0.05) is 12.1 Å². The number of likely N-dealkylation sites (tertiary alicyclic amines) is 1. The quantitative estimate of drug-likeness (QED) is 0.912. The molecule has 4 rings (SSSR count). The van der Waals surface area contributed by atoms with E-state index in [2.05, 4.69) is 53.5 Å². The summed E-state index contributed by atoms with van der Waals surface area (Å²) in [5.41, 5.74) is 2.51. The van der Waals surface area contributed by atoms with Gasteiger partial charge >= 0.3 is 0 Å². The van der Waals surface area contributed by atoms with Crippen molar-refractivity contribution in [3.8, 4) is 0 Å². The highest BCUT2D eigenvalue weighted by molar-refractivity contribution is 5.77. The van der Waals surface area contributed by atoms with Gasteiger partial charge in [-0.2, -0.15) is 0 Å². The molecule has 3 aliphatic heterocycles. The van der Waals surface area contributed by atoms with Gasteiger partial charge in [-0.15, -0.1) is 0 Å². The van der Waals surface area contributed by atoms with Gasteiger partial charge in [-0.3, -0.25) is 4.79 Å². The lowest BCUT2D eigenvalue weighted by molar-refractivity contribution is -0.133. The Bertz CT molecular complexity index is 617. The van der Waals surface area contributed by atoms with Crippen LogP contribution in [0.3, 0.4) is 0 Å². The van der Waals surface area contributed by atoms with Crippen LogP contribution < -0.4 is 10.2 Å². The van der Waals surface area contributed by atoms with Crippen LogP contribution >= 0.6 is 0 Å². The van der Waals surface area contributed by atoms with Crippen LogP contribution in [-0.4, -0.2) is 43.5 Å². The summed E-state index contributed by atoms with van der Waals surface area (Å²) in [6.07, 6.45) is 7.96. The highest BCUT2D eigenvalue weighted by Crippen LogP contribution is 2.37. The molecule has 0 radical (unpaired) electrons. The molecule has 4 nitrogen and oxygen atoms in total. The predicted octanol–water partition coefficient (Wildman–Crippen LogP) is 3.34. The Balaban J connectivity index is 1.44. The lowest BCUT2D eigenvalue weighted by atomic mass is 9.89. The third-order valence-electron chi connectivity index (χ3n) is 6.38. The van der Waals surface area contributed by atoms with Crippen molar-refractivity contribution in [1.29, 1.82) is 0 Å². The summed E-state index contributed by atoms with van der Waals surface area (Å²) in [5, 5.41) is 3.68. The van der Waals surface area contributed by atoms with Crippen molar-refractivity contribution in [3.05, 3.63) is 29.8 Å². The van der Waals surface area contributed by atoms with Crippen LogP contribution in [-0.2, 0) is 4.79 Å². The molecule has 3 saturated heterocycles. The standard InChI is InChI=1S/C21H31N3O/c1-23(2)19-6-3-5-16(14-19)20-7-4-10-24(20)21(25)13-15-11-17-8-9-18(12-15)22-17/h3,5-6,14-15,17-18,20,22H,4,7-13H2,1-2H3. The van der Waals surface area contributed by atoms with E-state index in [1.165, 1.54) is 36.9 Å². The second-order valence-corrected chi connectivity index (χ2v) is 8.41. The van der Waals surface area contributed by atoms with Gasteiger partial charge in [0.05, 0.1) is 6.04 Å². The van der Waals surface area contributed by atoms with Gasteiger partial charge in [0, 0.05) is 44.8 Å². The number of piperidine rings is 1. The number of rotatable bonds is 4. The van der Waals surface area contributed by atoms with Gasteiger partial charge in [0.25, 0.3) is 0 Å². The molecule has 3 atom stereocenters. The van der Waals surface area contributed by atoms with Gasteiger partial charge in [0.1, 0.15) is 0 Å². The molecule has 4 heteroatoms. The van der Waals surface area contributed by atoms with Crippen molar-refractivity contribution < 1.29 is 4.79 Å². The second kappa shape index (κ2) is 6.99. The number of hydrogen-bond acceptors (Lipinski definition) is 3. The number of benzene rings is 1. The zero-order valence-electron chi connectivity index (χ0n) is 15.6. The molecule has 1 N–H and O–H groups in total. The zero-order valence-corrected chi connectivity index (χ0v) is 15.6. The number of hydrogen-bond donors (Lipinski definition) is 1. The minimum atomic E-state index is 0.269. The van der Waals surface area contributed by atoms with E-state index in [1.54, 1.807) is 0 Å². The van der Waals surface area contributed by atoms with Crippen molar-refractivity contribution in [3.63, 3.8) is 0 Å². The van der Waals surface area contributed by atoms with Crippen LogP contribution in [0.1, 0.15) is 56.6 Å². The van der Waals surface area contributed by atoms with Gasteiger partial charge in [-0.05, 0) is 62.1 Å². The molecule has 0 aliphatic carbocycles. The van der Waals surface area contributed by atoms with E-state index in [4.69, 9.17) is 0 Å². The van der Waals surface area contributed by atoms with Crippen LogP contribution in [0, 0.1) is 5.92 Å². The molecule has 3 unspecified atom stereocenters. The van der Waals surface area contributed by atoms with Crippen LogP contribution in [0.4, 0.5) is 5.69 Å². The second-order valence-electron chi connectivity index (χ2n) is 8.41. The van der Waals surface area contributed by atoms with Gasteiger partial charge in [-0.25, -0.2) is 0 Å². The van der Waals surface area contributed by atoms with E-state index in [1.807, 2.05) is 0 Å². The third kappa shape index (κ3) is 3.55. The minimum absolute atomic E-state index is 0.269. The molecule has 25 heavy (non-hydrogen) atoms. The Morgan fingerprint density at radius 2 is 1.96 bits per heavy atom. The fraction of sp³-hybridized carbons (Fsp3) is 0.667. The molecular formula is C21H31N3O. The number of amides is 1. The fourth-order valence-electron chi connectivity index (χ4n) is 5.13. The Hall–Kier alpha value is -1.55. The number of carbonyl (C=O) groups excluding carboxylic acids is 1. The molecule has 1 aromatic carbocycles. The first-order valence-electron chi connectivity index (χ1n) is 9.93. The molecule has 136 valence electrons. The maximum absolute atomic E-state index is 13.0. The number of carbonyl (C=O) groups is 1. The third-order valence-corrected chi connectivity index (χ3v) is 6.38. The summed E-state index contributed by atoms with van der Waals surface area (Å²) in [6.45, 7) is 0.924. The fourth-order valence-corrected chi connectivity index (χ4v) is 5.13. The molecule has 1 aromatic rings. The average Bonchev–Trinajstić information content (AvgIpc) is 3.21. The normalized spacial score (nSPS) is 31.4. The maximum atomic E-state index is 13.0. The average molecular weight is 341 g/mol. The van der Waals surface area contributed by atoms with Gasteiger partial charge in [0.15, 0.2) is 0 Å². The molecule has 0 saturated carbocycles. The highest BCUT2D eigenvalue weighted by atomic mass is 16.2. The highest BCUT2D eigenvalue weighted by Gasteiger charge is 2.36. The SMILES string of the molecule is CN(C)c1cccc(C2CCCN2C(=O)CC2CC3CCC(C2)N3)c1. The Morgan fingerprint density at radius 1 is 1.20 bits per heavy atom. The van der Waals surface area contributed by atoms with E-state index < -0.39 is 0 Å². The Morgan fingerprint density at radius 3 is 2.68 bits per heavy atom. The Labute approximate surface area is 151 Å². The first-order chi connectivity index (χ1) is 12.1. The lowest BCUT2D eigenvalue weighted by Gasteiger charge is -2.32. The monoisotopic (exact) mass is 341 g/mol. The van der Waals surface area contributed by atoms with Crippen LogP contribution in [0.2, 0.25) is 0 Å².